The first-order valence-electron chi connectivity index (χ1n) is 6.39. The van der Waals surface area contributed by atoms with Crippen molar-refractivity contribution in [1.82, 2.24) is 5.32 Å². The van der Waals surface area contributed by atoms with Crippen molar-refractivity contribution < 1.29 is 5.11 Å². The van der Waals surface area contributed by atoms with Gasteiger partial charge in [0, 0.05) is 18.0 Å². The molecule has 2 atom stereocenters. The highest BCUT2D eigenvalue weighted by Crippen LogP contribution is 2.40. The van der Waals surface area contributed by atoms with E-state index in [1.807, 2.05) is 0 Å². The second-order valence-corrected chi connectivity index (χ2v) is 5.88. The van der Waals surface area contributed by atoms with Gasteiger partial charge >= 0.3 is 0 Å². The predicted molar refractivity (Wildman–Crippen MR) is 70.9 cm³/mol. The number of nitrogens with one attached hydrogen (secondary N) is 1. The van der Waals surface area contributed by atoms with Gasteiger partial charge in [-0.25, -0.2) is 0 Å². The normalized spacial score (nSPS) is 26.6. The highest BCUT2D eigenvalue weighted by Gasteiger charge is 2.46. The zero-order valence-corrected chi connectivity index (χ0v) is 11.2. The second kappa shape index (κ2) is 4.43. The number of aryl methyl sites for hydroxylation is 2. The first-order valence-corrected chi connectivity index (χ1v) is 6.39. The fourth-order valence-electron chi connectivity index (χ4n) is 2.60. The summed E-state index contributed by atoms with van der Waals surface area (Å²) >= 11 is 0. The molecular formula is C15H23NO. The topological polar surface area (TPSA) is 32.3 Å². The maximum absolute atomic E-state index is 9.71. The number of aliphatic hydroxyl groups is 1. The Morgan fingerprint density at radius 2 is 1.88 bits per heavy atom. The molecular weight excluding hydrogens is 210 g/mol. The minimum absolute atomic E-state index is 0.0105. The minimum Gasteiger partial charge on any atom is -0.392 e. The molecule has 1 fully saturated rings. The van der Waals surface area contributed by atoms with E-state index >= 15 is 0 Å². The van der Waals surface area contributed by atoms with Crippen molar-refractivity contribution in [3.8, 4) is 0 Å². The quantitative estimate of drug-likeness (QED) is 0.841. The van der Waals surface area contributed by atoms with Crippen LogP contribution in [0.2, 0.25) is 0 Å². The summed E-state index contributed by atoms with van der Waals surface area (Å²) in [6.45, 7) is 9.47. The molecule has 2 rings (SSSR count). The average molecular weight is 233 g/mol. The van der Waals surface area contributed by atoms with E-state index in [9.17, 15) is 5.11 Å². The Hall–Kier alpha value is -0.860. The van der Waals surface area contributed by atoms with Gasteiger partial charge in [-0.15, -0.1) is 0 Å². The Morgan fingerprint density at radius 1 is 1.29 bits per heavy atom. The zero-order chi connectivity index (χ0) is 12.6. The van der Waals surface area contributed by atoms with Gasteiger partial charge in [-0.3, -0.25) is 0 Å². The van der Waals surface area contributed by atoms with E-state index in [0.717, 1.165) is 13.0 Å². The molecule has 0 spiro atoms. The van der Waals surface area contributed by atoms with Crippen LogP contribution in [-0.4, -0.2) is 17.3 Å². The summed E-state index contributed by atoms with van der Waals surface area (Å²) in [6.07, 6.45) is 0.718. The zero-order valence-electron chi connectivity index (χ0n) is 11.2. The summed E-state index contributed by atoms with van der Waals surface area (Å²) in [5.41, 5.74) is 4.09. The molecule has 17 heavy (non-hydrogen) atoms. The third-order valence-electron chi connectivity index (χ3n) is 4.39. The molecule has 0 amide bonds. The Labute approximate surface area is 104 Å². The molecule has 2 heteroatoms. The Morgan fingerprint density at radius 3 is 2.35 bits per heavy atom. The summed E-state index contributed by atoms with van der Waals surface area (Å²) < 4.78 is 0. The largest absolute Gasteiger partial charge is 0.392 e. The lowest BCUT2D eigenvalue weighted by Gasteiger charge is -2.49. The lowest BCUT2D eigenvalue weighted by atomic mass is 9.64. The van der Waals surface area contributed by atoms with Crippen LogP contribution in [0.3, 0.4) is 0 Å². The van der Waals surface area contributed by atoms with Gasteiger partial charge in [0.05, 0.1) is 6.10 Å². The number of hydrogen-bond donors (Lipinski definition) is 2. The van der Waals surface area contributed by atoms with Crippen molar-refractivity contribution in [1.29, 1.82) is 0 Å². The summed E-state index contributed by atoms with van der Waals surface area (Å²) in [4.78, 5) is 0. The smallest absolute Gasteiger partial charge is 0.0621 e. The molecule has 2 N–H and O–H groups in total. The van der Waals surface area contributed by atoms with E-state index in [4.69, 9.17) is 0 Å². The molecule has 0 radical (unpaired) electrons. The van der Waals surface area contributed by atoms with Crippen molar-refractivity contribution >= 4 is 0 Å². The molecule has 0 heterocycles. The Bertz CT molecular complexity index is 391. The second-order valence-electron chi connectivity index (χ2n) is 5.88. The fraction of sp³-hybridized carbons (Fsp3) is 0.600. The molecule has 1 aromatic carbocycles. The van der Waals surface area contributed by atoms with Crippen LogP contribution >= 0.6 is 0 Å². The lowest BCUT2D eigenvalue weighted by Crippen LogP contribution is -2.59. The molecule has 1 aliphatic rings. The van der Waals surface area contributed by atoms with E-state index in [2.05, 4.69) is 51.2 Å². The van der Waals surface area contributed by atoms with Gasteiger partial charge in [0.25, 0.3) is 0 Å². The first-order chi connectivity index (χ1) is 7.93. The van der Waals surface area contributed by atoms with Crippen LogP contribution in [0.4, 0.5) is 0 Å². The SMILES string of the molecule is Cc1cccc(C)c1CNC1CC(O)C1(C)C. The van der Waals surface area contributed by atoms with Crippen LogP contribution in [0.5, 0.6) is 0 Å². The maximum Gasteiger partial charge on any atom is 0.0621 e. The average Bonchev–Trinajstić information content (AvgIpc) is 2.27. The Balaban J connectivity index is 2.00. The fourth-order valence-corrected chi connectivity index (χ4v) is 2.60. The molecule has 1 saturated carbocycles. The van der Waals surface area contributed by atoms with Crippen LogP contribution in [0.1, 0.15) is 37.0 Å². The molecule has 1 aliphatic carbocycles. The van der Waals surface area contributed by atoms with Gasteiger partial charge < -0.3 is 10.4 Å². The molecule has 1 aromatic rings. The molecule has 0 bridgehead atoms. The summed E-state index contributed by atoms with van der Waals surface area (Å²) in [5, 5.41) is 13.3. The van der Waals surface area contributed by atoms with Crippen LogP contribution in [-0.2, 0) is 6.54 Å². The van der Waals surface area contributed by atoms with Gasteiger partial charge in [-0.05, 0) is 37.0 Å². The molecule has 2 unspecified atom stereocenters. The van der Waals surface area contributed by atoms with Gasteiger partial charge in [-0.2, -0.15) is 0 Å². The van der Waals surface area contributed by atoms with Crippen LogP contribution < -0.4 is 5.32 Å². The van der Waals surface area contributed by atoms with Crippen molar-refractivity contribution in [3.63, 3.8) is 0 Å². The molecule has 0 saturated heterocycles. The molecule has 0 aliphatic heterocycles. The standard InChI is InChI=1S/C15H23NO/c1-10-6-5-7-11(2)12(10)9-16-13-8-14(17)15(13,3)4/h5-7,13-14,16-17H,8-9H2,1-4H3. The molecule has 2 nitrogen and oxygen atoms in total. The van der Waals surface area contributed by atoms with Gasteiger partial charge in [0.2, 0.25) is 0 Å². The summed E-state index contributed by atoms with van der Waals surface area (Å²) in [5.74, 6) is 0. The number of hydrogen-bond acceptors (Lipinski definition) is 2. The first kappa shape index (κ1) is 12.6. The highest BCUT2D eigenvalue weighted by atomic mass is 16.3. The van der Waals surface area contributed by atoms with Crippen molar-refractivity contribution in [2.45, 2.75) is 52.8 Å². The third kappa shape index (κ3) is 2.24. The van der Waals surface area contributed by atoms with Crippen molar-refractivity contribution in [3.05, 3.63) is 34.9 Å². The van der Waals surface area contributed by atoms with Crippen LogP contribution in [0.25, 0.3) is 0 Å². The molecule has 0 aromatic heterocycles. The lowest BCUT2D eigenvalue weighted by molar-refractivity contribution is -0.0730. The van der Waals surface area contributed by atoms with E-state index < -0.39 is 0 Å². The minimum atomic E-state index is -0.155. The monoisotopic (exact) mass is 233 g/mol. The maximum atomic E-state index is 9.71. The van der Waals surface area contributed by atoms with Crippen LogP contribution in [0, 0.1) is 19.3 Å². The van der Waals surface area contributed by atoms with E-state index in [1.165, 1.54) is 16.7 Å². The van der Waals surface area contributed by atoms with E-state index in [0.29, 0.717) is 6.04 Å². The number of benzene rings is 1. The van der Waals surface area contributed by atoms with Crippen molar-refractivity contribution in [2.24, 2.45) is 5.41 Å². The van der Waals surface area contributed by atoms with Gasteiger partial charge in [0.1, 0.15) is 0 Å². The van der Waals surface area contributed by atoms with Crippen LogP contribution in [0.15, 0.2) is 18.2 Å². The Kier molecular flexibility index (Phi) is 3.28. The third-order valence-corrected chi connectivity index (χ3v) is 4.39. The summed E-state index contributed by atoms with van der Waals surface area (Å²) in [7, 11) is 0. The number of rotatable bonds is 3. The van der Waals surface area contributed by atoms with Gasteiger partial charge in [0.15, 0.2) is 0 Å². The van der Waals surface area contributed by atoms with Crippen molar-refractivity contribution in [2.75, 3.05) is 0 Å². The predicted octanol–water partition coefficient (Wildman–Crippen LogP) is 2.55. The molecule has 94 valence electrons. The highest BCUT2D eigenvalue weighted by molar-refractivity contribution is 5.33. The van der Waals surface area contributed by atoms with E-state index in [1.54, 1.807) is 0 Å². The van der Waals surface area contributed by atoms with Gasteiger partial charge in [-0.1, -0.05) is 32.0 Å². The number of aliphatic hydroxyl groups excluding tert-OH is 1. The van der Waals surface area contributed by atoms with E-state index in [-0.39, 0.29) is 11.5 Å². The summed E-state index contributed by atoms with van der Waals surface area (Å²) in [6, 6.07) is 6.84.